The van der Waals surface area contributed by atoms with E-state index >= 15 is 0 Å². The molecule has 0 bridgehead atoms. The second-order valence-electron chi connectivity index (χ2n) is 9.97. The van der Waals surface area contributed by atoms with E-state index in [9.17, 15) is 8.78 Å². The Bertz CT molecular complexity index is 634. The van der Waals surface area contributed by atoms with Crippen LogP contribution in [0.5, 0.6) is 0 Å². The predicted molar refractivity (Wildman–Crippen MR) is 124 cm³/mol. The third-order valence-corrected chi connectivity index (χ3v) is 7.71. The molecule has 1 unspecified atom stereocenters. The maximum atomic E-state index is 13.5. The Hall–Kier alpha value is -1.18. The lowest BCUT2D eigenvalue weighted by molar-refractivity contribution is 0.187. The van der Waals surface area contributed by atoms with Crippen LogP contribution in [-0.2, 0) is 0 Å². The third kappa shape index (κ3) is 7.50. The Labute approximate surface area is 183 Å². The molecule has 0 aromatic heterocycles. The van der Waals surface area contributed by atoms with Crippen LogP contribution in [0.15, 0.2) is 24.3 Å². The summed E-state index contributed by atoms with van der Waals surface area (Å²) in [5, 5.41) is 0. The van der Waals surface area contributed by atoms with Crippen LogP contribution < -0.4 is 0 Å². The van der Waals surface area contributed by atoms with Gasteiger partial charge in [0.25, 0.3) is 0 Å². The SMILES string of the molecule is CCCCCCCCCCC1CCC(C2CC=C(c3cc(F)cc(F)c3)CC2)CC1. The molecule has 0 radical (unpaired) electrons. The molecule has 0 spiro atoms. The van der Waals surface area contributed by atoms with E-state index in [-0.39, 0.29) is 0 Å². The average Bonchev–Trinajstić information content (AvgIpc) is 2.75. The molecule has 0 amide bonds. The van der Waals surface area contributed by atoms with Gasteiger partial charge in [0.2, 0.25) is 0 Å². The molecule has 1 aromatic rings. The predicted octanol–water partition coefficient (Wildman–Crippen LogP) is 9.49. The molecule has 1 aromatic carbocycles. The summed E-state index contributed by atoms with van der Waals surface area (Å²) in [6, 6.07) is 3.92. The number of unbranched alkanes of at least 4 members (excludes halogenated alkanes) is 7. The summed E-state index contributed by atoms with van der Waals surface area (Å²) in [6.45, 7) is 2.28. The van der Waals surface area contributed by atoms with E-state index < -0.39 is 11.6 Å². The van der Waals surface area contributed by atoms with Crippen molar-refractivity contribution in [3.63, 3.8) is 0 Å². The van der Waals surface area contributed by atoms with Gasteiger partial charge in [0, 0.05) is 6.07 Å². The van der Waals surface area contributed by atoms with Gasteiger partial charge in [-0.3, -0.25) is 0 Å². The van der Waals surface area contributed by atoms with E-state index in [4.69, 9.17) is 0 Å². The highest BCUT2D eigenvalue weighted by atomic mass is 19.1. The summed E-state index contributed by atoms with van der Waals surface area (Å²) in [5.74, 6) is 1.66. The number of halogens is 2. The normalized spacial score (nSPS) is 24.6. The van der Waals surface area contributed by atoms with Gasteiger partial charge >= 0.3 is 0 Å². The van der Waals surface area contributed by atoms with E-state index in [1.807, 2.05) is 0 Å². The van der Waals surface area contributed by atoms with Crippen LogP contribution >= 0.6 is 0 Å². The second-order valence-corrected chi connectivity index (χ2v) is 9.97. The van der Waals surface area contributed by atoms with Crippen LogP contribution in [0.3, 0.4) is 0 Å². The Morgan fingerprint density at radius 3 is 1.97 bits per heavy atom. The topological polar surface area (TPSA) is 0 Å². The van der Waals surface area contributed by atoms with Crippen molar-refractivity contribution in [2.75, 3.05) is 0 Å². The first kappa shape index (κ1) is 23.5. The highest BCUT2D eigenvalue weighted by Gasteiger charge is 2.28. The number of hydrogen-bond acceptors (Lipinski definition) is 0. The molecule has 0 N–H and O–H groups in total. The zero-order chi connectivity index (χ0) is 21.2. The van der Waals surface area contributed by atoms with Gasteiger partial charge in [-0.2, -0.15) is 0 Å². The van der Waals surface area contributed by atoms with Crippen molar-refractivity contribution in [2.45, 2.75) is 110 Å². The molecule has 0 heterocycles. The quantitative estimate of drug-likeness (QED) is 0.315. The molecule has 0 aliphatic heterocycles. The van der Waals surface area contributed by atoms with Crippen LogP contribution in [-0.4, -0.2) is 0 Å². The van der Waals surface area contributed by atoms with Gasteiger partial charge < -0.3 is 0 Å². The van der Waals surface area contributed by atoms with Gasteiger partial charge in [0.05, 0.1) is 0 Å². The zero-order valence-corrected chi connectivity index (χ0v) is 19.1. The van der Waals surface area contributed by atoms with E-state index in [1.165, 1.54) is 102 Å². The Kier molecular flexibility index (Phi) is 9.88. The standard InChI is InChI=1S/C28H42F2/c1-2-3-4-5-6-7-8-9-10-22-11-13-23(14-12-22)24-15-17-25(18-16-24)26-19-27(29)21-28(30)20-26/h17,19-24H,2-16,18H2,1H3. The van der Waals surface area contributed by atoms with Gasteiger partial charge in [-0.15, -0.1) is 0 Å². The first-order valence-corrected chi connectivity index (χ1v) is 12.8. The molecule has 0 saturated heterocycles. The summed E-state index contributed by atoms with van der Waals surface area (Å²) >= 11 is 0. The smallest absolute Gasteiger partial charge is 0.126 e. The Morgan fingerprint density at radius 1 is 0.733 bits per heavy atom. The highest BCUT2D eigenvalue weighted by molar-refractivity contribution is 5.66. The largest absolute Gasteiger partial charge is 0.207 e. The lowest BCUT2D eigenvalue weighted by atomic mass is 9.70. The van der Waals surface area contributed by atoms with Crippen molar-refractivity contribution in [1.82, 2.24) is 0 Å². The summed E-state index contributed by atoms with van der Waals surface area (Å²) in [7, 11) is 0. The van der Waals surface area contributed by atoms with Gasteiger partial charge in [-0.05, 0) is 73.1 Å². The van der Waals surface area contributed by atoms with Crippen LogP contribution in [0.25, 0.3) is 5.57 Å². The van der Waals surface area contributed by atoms with E-state index in [0.29, 0.717) is 0 Å². The number of allylic oxidation sites excluding steroid dienone is 2. The van der Waals surface area contributed by atoms with Crippen LogP contribution in [0, 0.1) is 29.4 Å². The summed E-state index contributed by atoms with van der Waals surface area (Å²) in [4.78, 5) is 0. The van der Waals surface area contributed by atoms with Crippen LogP contribution in [0.1, 0.15) is 115 Å². The number of hydrogen-bond donors (Lipinski definition) is 0. The maximum Gasteiger partial charge on any atom is 0.126 e. The minimum atomic E-state index is -0.470. The Balaban J connectivity index is 1.32. The van der Waals surface area contributed by atoms with Gasteiger partial charge in [0.1, 0.15) is 11.6 Å². The number of benzene rings is 1. The van der Waals surface area contributed by atoms with Crippen molar-refractivity contribution < 1.29 is 8.78 Å². The van der Waals surface area contributed by atoms with Gasteiger partial charge in [-0.1, -0.05) is 83.6 Å². The van der Waals surface area contributed by atoms with Crippen molar-refractivity contribution >= 4 is 5.57 Å². The van der Waals surface area contributed by atoms with Crippen molar-refractivity contribution in [1.29, 1.82) is 0 Å². The lowest BCUT2D eigenvalue weighted by Gasteiger charge is -2.35. The minimum Gasteiger partial charge on any atom is -0.207 e. The number of rotatable bonds is 11. The van der Waals surface area contributed by atoms with E-state index in [0.717, 1.165) is 47.8 Å². The molecular formula is C28H42F2. The van der Waals surface area contributed by atoms with E-state index in [1.54, 1.807) is 0 Å². The molecule has 1 fully saturated rings. The lowest BCUT2D eigenvalue weighted by Crippen LogP contribution is -2.23. The molecule has 30 heavy (non-hydrogen) atoms. The minimum absolute atomic E-state index is 0.470. The zero-order valence-electron chi connectivity index (χ0n) is 19.1. The molecule has 2 aliphatic carbocycles. The summed E-state index contributed by atoms with van der Waals surface area (Å²) in [5.41, 5.74) is 1.87. The molecule has 0 nitrogen and oxygen atoms in total. The monoisotopic (exact) mass is 416 g/mol. The second kappa shape index (κ2) is 12.6. The van der Waals surface area contributed by atoms with Crippen molar-refractivity contribution in [3.05, 3.63) is 41.5 Å². The summed E-state index contributed by atoms with van der Waals surface area (Å²) < 4.78 is 27.0. The third-order valence-electron chi connectivity index (χ3n) is 7.71. The van der Waals surface area contributed by atoms with Gasteiger partial charge in [-0.25, -0.2) is 8.78 Å². The molecule has 1 atom stereocenters. The molecular weight excluding hydrogens is 374 g/mol. The fourth-order valence-corrected chi connectivity index (χ4v) is 5.80. The van der Waals surface area contributed by atoms with Gasteiger partial charge in [0.15, 0.2) is 0 Å². The molecule has 2 heteroatoms. The first-order chi connectivity index (χ1) is 14.7. The van der Waals surface area contributed by atoms with E-state index in [2.05, 4.69) is 13.0 Å². The fourth-order valence-electron chi connectivity index (χ4n) is 5.80. The molecule has 1 saturated carbocycles. The maximum absolute atomic E-state index is 13.5. The highest BCUT2D eigenvalue weighted by Crippen LogP contribution is 2.42. The van der Waals surface area contributed by atoms with Crippen LogP contribution in [0.2, 0.25) is 0 Å². The molecule has 3 rings (SSSR count). The summed E-state index contributed by atoms with van der Waals surface area (Å²) in [6.07, 6.45) is 23.9. The first-order valence-electron chi connectivity index (χ1n) is 12.8. The van der Waals surface area contributed by atoms with Crippen molar-refractivity contribution in [3.8, 4) is 0 Å². The fraction of sp³-hybridized carbons (Fsp3) is 0.714. The molecule has 2 aliphatic rings. The Morgan fingerprint density at radius 2 is 1.37 bits per heavy atom. The molecule has 168 valence electrons. The average molecular weight is 417 g/mol. The van der Waals surface area contributed by atoms with Crippen molar-refractivity contribution in [2.24, 2.45) is 17.8 Å². The van der Waals surface area contributed by atoms with Crippen LogP contribution in [0.4, 0.5) is 8.78 Å².